The number of phenols is 2. The highest BCUT2D eigenvalue weighted by Crippen LogP contribution is 2.40. The Morgan fingerprint density at radius 2 is 1.74 bits per heavy atom. The van der Waals surface area contributed by atoms with Gasteiger partial charge in [-0.1, -0.05) is 5.16 Å². The first-order valence-electron chi connectivity index (χ1n) is 12.9. The van der Waals surface area contributed by atoms with Crippen LogP contribution in [0.25, 0.3) is 0 Å². The van der Waals surface area contributed by atoms with Gasteiger partial charge >= 0.3 is 23.6 Å². The highest BCUT2D eigenvalue weighted by molar-refractivity contribution is 7.13. The molecule has 3 saturated heterocycles. The van der Waals surface area contributed by atoms with Crippen LogP contribution in [0.3, 0.4) is 0 Å². The molecule has 3 fully saturated rings. The zero-order valence-corrected chi connectivity index (χ0v) is 23.6. The van der Waals surface area contributed by atoms with E-state index >= 15 is 0 Å². The Morgan fingerprint density at radius 1 is 1.09 bits per heavy atom. The molecule has 1 aromatic carbocycles. The minimum atomic E-state index is -2.76. The second kappa shape index (κ2) is 10.9. The van der Waals surface area contributed by atoms with Gasteiger partial charge in [-0.05, 0) is 17.4 Å². The van der Waals surface area contributed by atoms with Crippen molar-refractivity contribution in [3.05, 3.63) is 34.3 Å². The van der Waals surface area contributed by atoms with E-state index in [-0.39, 0.29) is 40.4 Å². The zero-order chi connectivity index (χ0) is 33.1. The number of amides is 3. The number of rotatable bonds is 9. The molecule has 0 radical (unpaired) electrons. The van der Waals surface area contributed by atoms with E-state index in [1.54, 1.807) is 0 Å². The number of phenolic OH excluding ortho intramolecular Hbond substituents is 2. The molecule has 4 aliphatic rings. The molecule has 1 aromatic heterocycles. The average molecular weight is 665 g/mol. The number of aromatic hydroxyl groups is 2. The van der Waals surface area contributed by atoms with Crippen molar-refractivity contribution < 1.29 is 73.2 Å². The van der Waals surface area contributed by atoms with Gasteiger partial charge in [0.25, 0.3) is 23.3 Å². The first-order valence-corrected chi connectivity index (χ1v) is 13.7. The third-order valence-corrected chi connectivity index (χ3v) is 7.85. The first kappa shape index (κ1) is 30.6. The molecule has 4 aliphatic heterocycles. The van der Waals surface area contributed by atoms with Crippen LogP contribution in [-0.2, 0) is 43.2 Å². The van der Waals surface area contributed by atoms with E-state index in [4.69, 9.17) is 29.7 Å². The van der Waals surface area contributed by atoms with E-state index in [1.165, 1.54) is 5.38 Å². The van der Waals surface area contributed by atoms with Crippen molar-refractivity contribution in [2.75, 3.05) is 25.6 Å². The summed E-state index contributed by atoms with van der Waals surface area (Å²) in [7, 11) is 0. The van der Waals surface area contributed by atoms with Crippen molar-refractivity contribution in [2.24, 2.45) is 5.16 Å². The highest BCUT2D eigenvalue weighted by Gasteiger charge is 2.64. The quantitative estimate of drug-likeness (QED) is 0.0541. The number of hydrogen-bond acceptors (Lipinski definition) is 18. The van der Waals surface area contributed by atoms with Gasteiger partial charge in [0, 0.05) is 11.8 Å². The molecule has 242 valence electrons. The van der Waals surface area contributed by atoms with Crippen LogP contribution < -0.4 is 11.1 Å². The van der Waals surface area contributed by atoms with E-state index in [2.05, 4.69) is 15.5 Å². The second-order valence-electron chi connectivity index (χ2n) is 10.1. The molecule has 6 rings (SSSR count). The van der Waals surface area contributed by atoms with Gasteiger partial charge in [-0.15, -0.1) is 11.3 Å². The van der Waals surface area contributed by atoms with Gasteiger partial charge in [-0.3, -0.25) is 24.1 Å². The lowest BCUT2D eigenvalue weighted by molar-refractivity contribution is -0.395. The third-order valence-electron chi connectivity index (χ3n) is 7.18. The van der Waals surface area contributed by atoms with Crippen molar-refractivity contribution in [3.8, 4) is 11.5 Å². The van der Waals surface area contributed by atoms with Crippen molar-refractivity contribution in [1.29, 1.82) is 0 Å². The van der Waals surface area contributed by atoms with Crippen molar-refractivity contribution in [2.45, 2.75) is 30.0 Å². The number of nitrogens with one attached hydrogen (secondary N) is 1. The third kappa shape index (κ3) is 4.80. The minimum absolute atomic E-state index is 0.0368. The lowest BCUT2D eigenvalue weighted by Crippen LogP contribution is -2.57. The van der Waals surface area contributed by atoms with Crippen LogP contribution in [0.15, 0.2) is 22.7 Å². The molecule has 0 spiro atoms. The smallest absolute Gasteiger partial charge is 0.368 e. The number of cyclic esters (lactones) is 1. The number of nitrogens with zero attached hydrogens (tertiary/aromatic N) is 4. The number of hydroxylamine groups is 2. The lowest BCUT2D eigenvalue weighted by atomic mass is 10.0. The summed E-state index contributed by atoms with van der Waals surface area (Å²) in [6.45, 7) is -1.26. The van der Waals surface area contributed by atoms with Crippen LogP contribution in [0.4, 0.5) is 5.13 Å². The molecule has 2 aromatic rings. The number of hydrogen-bond donors (Lipinski definition) is 6. The van der Waals surface area contributed by atoms with Gasteiger partial charge < -0.3 is 45.8 Å². The molecule has 3 amide bonds. The normalized spacial score (nSPS) is 25.6. The number of nitrogen functional groups attached to an aromatic ring is 1. The maximum atomic E-state index is 13.2. The number of anilines is 1. The number of esters is 1. The summed E-state index contributed by atoms with van der Waals surface area (Å²) in [4.78, 5) is 96.3. The number of thiazole rings is 1. The number of fused-ring (bicyclic) bond motifs is 1. The Morgan fingerprint density at radius 3 is 2.26 bits per heavy atom. The summed E-state index contributed by atoms with van der Waals surface area (Å²) in [6, 6.07) is -0.170. The minimum Gasteiger partial charge on any atom is -0.504 e. The molecule has 22 heteroatoms. The number of aromatic nitrogens is 1. The summed E-state index contributed by atoms with van der Waals surface area (Å²) in [5, 5.41) is 46.7. The molecule has 0 aliphatic carbocycles. The van der Waals surface area contributed by atoms with Crippen LogP contribution in [0.5, 0.6) is 11.5 Å². The van der Waals surface area contributed by atoms with E-state index in [0.29, 0.717) is 4.90 Å². The molecule has 46 heavy (non-hydrogen) atoms. The molecule has 5 heterocycles. The number of carboxylic acids is 2. The fraction of sp³-hybridized carbons (Fsp3) is 0.333. The average Bonchev–Trinajstić information content (AvgIpc) is 3.74. The summed E-state index contributed by atoms with van der Waals surface area (Å²) >= 11 is 0.935. The number of aliphatic carboxylic acids is 2. The number of nitrogens with two attached hydrogens (primary N) is 1. The monoisotopic (exact) mass is 664 g/mol. The first-order chi connectivity index (χ1) is 21.8. The Hall–Kier alpha value is -5.42. The number of imide groups is 1. The van der Waals surface area contributed by atoms with Crippen LogP contribution in [-0.4, -0.2) is 120 Å². The van der Waals surface area contributed by atoms with Gasteiger partial charge in [0.15, 0.2) is 28.6 Å². The standard InChI is InChI=1S/C24H20N6O15S/c25-22-26-10(5-46-22)15(28-45-23(20(37)38)6-41-7-23)16(33)27-14-4-42-30(44-14)24(21(39)40)3-11(19(36)43-24)29-17(34)8-1-12(31)13(32)2-9(8)18(29)35/h1-2,5,11,14,31-32H,3-4,6-7H2,(H2,25,26)(H,27,33)(H,37,38)(H,39,40)/b28-15-/t11-,14-,24?/m0/s1. The van der Waals surface area contributed by atoms with Crippen LogP contribution in [0.2, 0.25) is 0 Å². The van der Waals surface area contributed by atoms with E-state index in [1.807, 2.05) is 0 Å². The topological polar surface area (TPSA) is 299 Å². The van der Waals surface area contributed by atoms with Crippen LogP contribution in [0.1, 0.15) is 32.8 Å². The summed E-state index contributed by atoms with van der Waals surface area (Å²) < 4.78 is 9.99. The van der Waals surface area contributed by atoms with E-state index in [0.717, 1.165) is 23.5 Å². The Balaban J connectivity index is 1.19. The number of carbonyl (C=O) groups is 6. The molecular weight excluding hydrogens is 644 g/mol. The Kier molecular flexibility index (Phi) is 7.24. The Bertz CT molecular complexity index is 1700. The van der Waals surface area contributed by atoms with E-state index < -0.39 is 89.5 Å². The number of ether oxygens (including phenoxy) is 2. The number of carbonyl (C=O) groups excluding carboxylic acids is 4. The lowest BCUT2D eigenvalue weighted by Gasteiger charge is -2.34. The molecule has 0 bridgehead atoms. The number of benzene rings is 1. The van der Waals surface area contributed by atoms with Gasteiger partial charge in [0.2, 0.25) is 0 Å². The summed E-state index contributed by atoms with van der Waals surface area (Å²) in [5.41, 5.74) is -0.298. The second-order valence-corrected chi connectivity index (χ2v) is 11.0. The zero-order valence-electron chi connectivity index (χ0n) is 22.8. The molecule has 0 saturated carbocycles. The fourth-order valence-electron chi connectivity index (χ4n) is 4.73. The van der Waals surface area contributed by atoms with Gasteiger partial charge in [0.05, 0.1) is 11.1 Å². The predicted octanol–water partition coefficient (Wildman–Crippen LogP) is -2.28. The molecular formula is C24H20N6O15S. The molecule has 1 unspecified atom stereocenters. The number of carboxylic acid groups (broad SMARTS) is 2. The van der Waals surface area contributed by atoms with Crippen LogP contribution in [0, 0.1) is 0 Å². The molecule has 21 nitrogen and oxygen atoms in total. The largest absolute Gasteiger partial charge is 0.504 e. The highest BCUT2D eigenvalue weighted by atomic mass is 32.1. The SMILES string of the molecule is Nc1nc(/C(=N/OC2(C(=O)O)COC2)C(=O)N[C@@H]2CON(C3(C(=O)O)C[C@H](N4C(=O)c5cc(O)c(O)cc5C4=O)C(=O)O3)O2)cs1. The molecule has 7 N–H and O–H groups in total. The van der Waals surface area contributed by atoms with Gasteiger partial charge in [-0.2, -0.15) is 0 Å². The molecule has 3 atom stereocenters. The summed E-state index contributed by atoms with van der Waals surface area (Å²) in [6.07, 6.45) is -2.36. The van der Waals surface area contributed by atoms with Gasteiger partial charge in [0.1, 0.15) is 31.6 Å². The van der Waals surface area contributed by atoms with Crippen LogP contribution >= 0.6 is 11.3 Å². The summed E-state index contributed by atoms with van der Waals surface area (Å²) in [5.74, 6) is -9.17. The van der Waals surface area contributed by atoms with Crippen molar-refractivity contribution in [3.63, 3.8) is 0 Å². The van der Waals surface area contributed by atoms with Crippen molar-refractivity contribution in [1.82, 2.24) is 20.4 Å². The maximum absolute atomic E-state index is 13.2. The Labute approximate surface area is 258 Å². The maximum Gasteiger partial charge on any atom is 0.368 e. The number of oxime groups is 1. The predicted molar refractivity (Wildman–Crippen MR) is 141 cm³/mol. The fourth-order valence-corrected chi connectivity index (χ4v) is 5.27. The van der Waals surface area contributed by atoms with Crippen molar-refractivity contribution >= 4 is 57.8 Å². The van der Waals surface area contributed by atoms with Gasteiger partial charge in [-0.25, -0.2) is 24.2 Å². The van der Waals surface area contributed by atoms with E-state index in [9.17, 15) is 49.2 Å².